The molecule has 1 saturated heterocycles. The predicted octanol–water partition coefficient (Wildman–Crippen LogP) is 0.727. The van der Waals surface area contributed by atoms with Crippen LogP contribution in [0.2, 0.25) is 0 Å². The van der Waals surface area contributed by atoms with Crippen molar-refractivity contribution >= 4 is 12.1 Å². The Morgan fingerprint density at radius 3 is 2.39 bits per heavy atom. The average molecular weight is 261 g/mol. The van der Waals surface area contributed by atoms with Gasteiger partial charge in [-0.15, -0.1) is 0 Å². The fourth-order valence-electron chi connectivity index (χ4n) is 1.41. The molecular weight excluding hydrogens is 242 g/mol. The van der Waals surface area contributed by atoms with Gasteiger partial charge in [-0.05, 0) is 20.8 Å². The monoisotopic (exact) mass is 261 g/mol. The molecule has 0 aromatic carbocycles. The summed E-state index contributed by atoms with van der Waals surface area (Å²) in [5.74, 6) is -1.15. The Hall–Kier alpha value is -1.34. The fourth-order valence-corrected chi connectivity index (χ4v) is 1.41. The second-order valence-corrected chi connectivity index (χ2v) is 4.94. The lowest BCUT2D eigenvalue weighted by Crippen LogP contribution is -2.45. The largest absolute Gasteiger partial charge is 0.480 e. The first-order valence-electron chi connectivity index (χ1n) is 5.73. The summed E-state index contributed by atoms with van der Waals surface area (Å²) in [5.41, 5.74) is -0.673. The van der Waals surface area contributed by atoms with E-state index in [2.05, 4.69) is 5.32 Å². The Balaban J connectivity index is 2.46. The number of hydrogen-bond donors (Lipinski definition) is 2. The summed E-state index contributed by atoms with van der Waals surface area (Å²) < 4.78 is 15.3. The quantitative estimate of drug-likeness (QED) is 0.774. The molecular formula is C11H19NO6. The average Bonchev–Trinajstić information content (AvgIpc) is 2.66. The number of hydrogen-bond acceptors (Lipinski definition) is 5. The first kappa shape index (κ1) is 14.7. The van der Waals surface area contributed by atoms with Crippen LogP contribution < -0.4 is 5.32 Å². The third-order valence-electron chi connectivity index (χ3n) is 2.11. The molecule has 18 heavy (non-hydrogen) atoms. The van der Waals surface area contributed by atoms with E-state index in [1.54, 1.807) is 20.8 Å². The molecule has 1 rings (SSSR count). The number of rotatable bonds is 4. The van der Waals surface area contributed by atoms with Crippen LogP contribution in [0.25, 0.3) is 0 Å². The van der Waals surface area contributed by atoms with Crippen LogP contribution >= 0.6 is 0 Å². The van der Waals surface area contributed by atoms with Gasteiger partial charge in [-0.25, -0.2) is 9.59 Å². The van der Waals surface area contributed by atoms with Crippen LogP contribution in [-0.2, 0) is 19.0 Å². The van der Waals surface area contributed by atoms with Gasteiger partial charge in [0.1, 0.15) is 11.6 Å². The van der Waals surface area contributed by atoms with Crippen molar-refractivity contribution < 1.29 is 28.9 Å². The molecule has 0 unspecified atom stereocenters. The van der Waals surface area contributed by atoms with E-state index in [0.717, 1.165) is 0 Å². The fraction of sp³-hybridized carbons (Fsp3) is 0.818. The summed E-state index contributed by atoms with van der Waals surface area (Å²) in [4.78, 5) is 22.5. The van der Waals surface area contributed by atoms with Crippen LogP contribution in [0, 0.1) is 0 Å². The number of amides is 1. The maximum atomic E-state index is 11.5. The highest BCUT2D eigenvalue weighted by Gasteiger charge is 2.29. The van der Waals surface area contributed by atoms with Gasteiger partial charge in [0, 0.05) is 6.42 Å². The van der Waals surface area contributed by atoms with Gasteiger partial charge in [-0.1, -0.05) is 0 Å². The zero-order valence-corrected chi connectivity index (χ0v) is 10.8. The normalized spacial score (nSPS) is 18.4. The van der Waals surface area contributed by atoms with Crippen molar-refractivity contribution in [2.45, 2.75) is 45.1 Å². The second kappa shape index (κ2) is 6.01. The standard InChI is InChI=1S/C11H19NO6/c1-11(2,3)18-10(15)12-7(9(13)14)6-8-16-4-5-17-8/h7-8H,4-6H2,1-3H3,(H,12,15)(H,13,14)/t7-/m0/s1. The number of carboxylic acids is 1. The van der Waals surface area contributed by atoms with Crippen LogP contribution in [0.3, 0.4) is 0 Å². The van der Waals surface area contributed by atoms with Gasteiger partial charge in [0.05, 0.1) is 13.2 Å². The highest BCUT2D eigenvalue weighted by molar-refractivity contribution is 5.80. The van der Waals surface area contributed by atoms with E-state index in [1.165, 1.54) is 0 Å². The number of carbonyl (C=O) groups is 2. The van der Waals surface area contributed by atoms with Gasteiger partial charge in [0.15, 0.2) is 6.29 Å². The van der Waals surface area contributed by atoms with Crippen molar-refractivity contribution in [3.63, 3.8) is 0 Å². The lowest BCUT2D eigenvalue weighted by molar-refractivity contribution is -0.142. The zero-order chi connectivity index (χ0) is 13.8. The first-order valence-corrected chi connectivity index (χ1v) is 5.73. The third-order valence-corrected chi connectivity index (χ3v) is 2.11. The second-order valence-electron chi connectivity index (χ2n) is 4.94. The van der Waals surface area contributed by atoms with Crippen molar-refractivity contribution in [1.82, 2.24) is 5.32 Å². The van der Waals surface area contributed by atoms with Crippen LogP contribution in [0.4, 0.5) is 4.79 Å². The maximum Gasteiger partial charge on any atom is 0.408 e. The third kappa shape index (κ3) is 5.33. The Morgan fingerprint density at radius 1 is 1.39 bits per heavy atom. The van der Waals surface area contributed by atoms with Gasteiger partial charge in [-0.3, -0.25) is 0 Å². The Bertz CT molecular complexity index is 305. The van der Waals surface area contributed by atoms with Crippen molar-refractivity contribution in [3.8, 4) is 0 Å². The van der Waals surface area contributed by atoms with E-state index in [1.807, 2.05) is 0 Å². The van der Waals surface area contributed by atoms with Crippen LogP contribution in [-0.4, -0.2) is 48.3 Å². The van der Waals surface area contributed by atoms with E-state index in [9.17, 15) is 9.59 Å². The minimum Gasteiger partial charge on any atom is -0.480 e. The Kier molecular flexibility index (Phi) is 4.92. The molecule has 1 atom stereocenters. The number of alkyl carbamates (subject to hydrolysis) is 1. The van der Waals surface area contributed by atoms with E-state index in [0.29, 0.717) is 13.2 Å². The van der Waals surface area contributed by atoms with Crippen LogP contribution in [0.15, 0.2) is 0 Å². The molecule has 0 spiro atoms. The predicted molar refractivity (Wildman–Crippen MR) is 61.1 cm³/mol. The van der Waals surface area contributed by atoms with E-state index >= 15 is 0 Å². The highest BCUT2D eigenvalue weighted by Crippen LogP contribution is 2.12. The number of nitrogens with one attached hydrogen (secondary N) is 1. The summed E-state index contributed by atoms with van der Waals surface area (Å²) in [6.07, 6.45) is -1.32. The molecule has 104 valence electrons. The van der Waals surface area contributed by atoms with Crippen molar-refractivity contribution in [3.05, 3.63) is 0 Å². The summed E-state index contributed by atoms with van der Waals surface area (Å²) in [5, 5.41) is 11.3. The van der Waals surface area contributed by atoms with Crippen LogP contribution in [0.5, 0.6) is 0 Å². The first-order chi connectivity index (χ1) is 8.28. The molecule has 2 N–H and O–H groups in total. The number of carboxylic acid groups (broad SMARTS) is 1. The molecule has 7 nitrogen and oxygen atoms in total. The smallest absolute Gasteiger partial charge is 0.408 e. The SMILES string of the molecule is CC(C)(C)OC(=O)N[C@@H](CC1OCCO1)C(=O)O. The maximum absolute atomic E-state index is 11.5. The summed E-state index contributed by atoms with van der Waals surface area (Å²) in [6.45, 7) is 5.97. The van der Waals surface area contributed by atoms with Gasteiger partial charge >= 0.3 is 12.1 Å². The molecule has 0 aromatic rings. The Morgan fingerprint density at radius 2 is 1.94 bits per heavy atom. The van der Waals surface area contributed by atoms with E-state index in [4.69, 9.17) is 19.3 Å². The molecule has 0 aliphatic carbocycles. The van der Waals surface area contributed by atoms with Crippen molar-refractivity contribution in [2.75, 3.05) is 13.2 Å². The molecule has 0 bridgehead atoms. The summed E-state index contributed by atoms with van der Waals surface area (Å²) in [7, 11) is 0. The van der Waals surface area contributed by atoms with Gasteiger partial charge in [-0.2, -0.15) is 0 Å². The molecule has 1 amide bonds. The molecule has 0 aromatic heterocycles. The highest BCUT2D eigenvalue weighted by atomic mass is 16.7. The van der Waals surface area contributed by atoms with Crippen molar-refractivity contribution in [1.29, 1.82) is 0 Å². The van der Waals surface area contributed by atoms with Gasteiger partial charge in [0.25, 0.3) is 0 Å². The number of carbonyl (C=O) groups excluding carboxylic acids is 1. The van der Waals surface area contributed by atoms with Crippen LogP contribution in [0.1, 0.15) is 27.2 Å². The minimum atomic E-state index is -1.15. The molecule has 0 saturated carbocycles. The summed E-state index contributed by atoms with van der Waals surface area (Å²) in [6, 6.07) is -1.09. The lowest BCUT2D eigenvalue weighted by Gasteiger charge is -2.22. The molecule has 1 aliphatic heterocycles. The molecule has 1 heterocycles. The molecule has 1 fully saturated rings. The molecule has 0 radical (unpaired) electrons. The van der Waals surface area contributed by atoms with Crippen molar-refractivity contribution in [2.24, 2.45) is 0 Å². The van der Waals surface area contributed by atoms with Gasteiger partial charge < -0.3 is 24.6 Å². The number of ether oxygens (including phenoxy) is 3. The van der Waals surface area contributed by atoms with Gasteiger partial charge in [0.2, 0.25) is 0 Å². The minimum absolute atomic E-state index is 0.0502. The number of aliphatic carboxylic acids is 1. The summed E-state index contributed by atoms with van der Waals surface area (Å²) >= 11 is 0. The zero-order valence-electron chi connectivity index (χ0n) is 10.8. The lowest BCUT2D eigenvalue weighted by atomic mass is 10.2. The molecule has 7 heteroatoms. The topological polar surface area (TPSA) is 94.1 Å². The Labute approximate surface area is 105 Å². The molecule has 1 aliphatic rings. The van der Waals surface area contributed by atoms with E-state index in [-0.39, 0.29) is 6.42 Å². The van der Waals surface area contributed by atoms with E-state index < -0.39 is 30.0 Å².